The Kier molecular flexibility index (Phi) is 3.03. The van der Waals surface area contributed by atoms with E-state index in [1.165, 1.54) is 0 Å². The number of halogens is 1. The van der Waals surface area contributed by atoms with Gasteiger partial charge in [-0.15, -0.1) is 0 Å². The normalized spacial score (nSPS) is 10.9. The van der Waals surface area contributed by atoms with Crippen molar-refractivity contribution in [2.75, 3.05) is 24.7 Å². The molecule has 0 spiro atoms. The summed E-state index contributed by atoms with van der Waals surface area (Å²) in [5.41, 5.74) is 9.75. The molecule has 0 saturated carbocycles. The number of nitrogen functional groups attached to an aromatic ring is 1. The number of imidazole rings is 1. The molecule has 0 amide bonds. The number of hydrogen-bond donors (Lipinski definition) is 1. The summed E-state index contributed by atoms with van der Waals surface area (Å²) in [4.78, 5) is 6.40. The molecule has 0 saturated heterocycles. The molecule has 0 atom stereocenters. The summed E-state index contributed by atoms with van der Waals surface area (Å²) in [7, 11) is 4.01. The highest BCUT2D eigenvalue weighted by molar-refractivity contribution is 6.35. The van der Waals surface area contributed by atoms with Gasteiger partial charge in [0, 0.05) is 25.5 Å². The molecule has 4 nitrogen and oxygen atoms in total. The van der Waals surface area contributed by atoms with E-state index >= 15 is 0 Å². The van der Waals surface area contributed by atoms with Gasteiger partial charge in [-0.2, -0.15) is 0 Å². The fourth-order valence-electron chi connectivity index (χ4n) is 2.26. The standard InChI is InChI=1S/C15H15ClN4/c1-19(2)10-6-8-11(9-7-10)20-14-12(16)4-3-5-13(14)18-15(20)17/h3-9H,1-2H3,(H2,17,18). The molecule has 0 aliphatic heterocycles. The topological polar surface area (TPSA) is 47.1 Å². The number of para-hydroxylation sites is 1. The molecule has 1 heterocycles. The highest BCUT2D eigenvalue weighted by Crippen LogP contribution is 2.29. The Hall–Kier alpha value is -2.20. The third kappa shape index (κ3) is 1.98. The molecule has 0 aliphatic carbocycles. The molecular formula is C15H15ClN4. The quantitative estimate of drug-likeness (QED) is 0.786. The molecule has 0 unspecified atom stereocenters. The predicted octanol–water partition coefficient (Wildman–Crippen LogP) is 3.33. The zero-order valence-electron chi connectivity index (χ0n) is 11.3. The maximum absolute atomic E-state index is 6.28. The van der Waals surface area contributed by atoms with Crippen LogP contribution in [0.4, 0.5) is 11.6 Å². The van der Waals surface area contributed by atoms with Crippen molar-refractivity contribution < 1.29 is 0 Å². The Balaban J connectivity index is 2.21. The summed E-state index contributed by atoms with van der Waals surface area (Å²) in [5, 5.41) is 0.642. The summed E-state index contributed by atoms with van der Waals surface area (Å²) in [5.74, 6) is 0.436. The maximum atomic E-state index is 6.28. The van der Waals surface area contributed by atoms with Crippen molar-refractivity contribution in [3.63, 3.8) is 0 Å². The van der Waals surface area contributed by atoms with Gasteiger partial charge in [0.1, 0.15) is 0 Å². The van der Waals surface area contributed by atoms with Crippen molar-refractivity contribution in [2.45, 2.75) is 0 Å². The van der Waals surface area contributed by atoms with Crippen LogP contribution >= 0.6 is 11.6 Å². The molecule has 1 aromatic heterocycles. The van der Waals surface area contributed by atoms with E-state index in [0.717, 1.165) is 22.4 Å². The predicted molar refractivity (Wildman–Crippen MR) is 84.8 cm³/mol. The lowest BCUT2D eigenvalue weighted by atomic mass is 10.2. The van der Waals surface area contributed by atoms with Crippen molar-refractivity contribution in [1.29, 1.82) is 0 Å². The summed E-state index contributed by atoms with van der Waals surface area (Å²) < 4.78 is 1.87. The monoisotopic (exact) mass is 286 g/mol. The average molecular weight is 287 g/mol. The van der Waals surface area contributed by atoms with E-state index in [1.807, 2.05) is 66.0 Å². The lowest BCUT2D eigenvalue weighted by Crippen LogP contribution is -2.08. The van der Waals surface area contributed by atoms with E-state index < -0.39 is 0 Å². The van der Waals surface area contributed by atoms with Crippen LogP contribution in [-0.2, 0) is 0 Å². The summed E-state index contributed by atoms with van der Waals surface area (Å²) >= 11 is 6.28. The van der Waals surface area contributed by atoms with Gasteiger partial charge in [-0.25, -0.2) is 4.98 Å². The van der Waals surface area contributed by atoms with Gasteiger partial charge < -0.3 is 10.6 Å². The molecule has 0 aliphatic rings. The Bertz CT molecular complexity index is 759. The Morgan fingerprint density at radius 3 is 2.45 bits per heavy atom. The first kappa shape index (κ1) is 12.8. The van der Waals surface area contributed by atoms with Crippen LogP contribution in [0.25, 0.3) is 16.7 Å². The SMILES string of the molecule is CN(C)c1ccc(-n2c(N)nc3cccc(Cl)c32)cc1. The fourth-order valence-corrected chi connectivity index (χ4v) is 2.52. The third-order valence-electron chi connectivity index (χ3n) is 3.28. The van der Waals surface area contributed by atoms with E-state index in [4.69, 9.17) is 17.3 Å². The molecule has 20 heavy (non-hydrogen) atoms. The zero-order valence-corrected chi connectivity index (χ0v) is 12.1. The molecule has 0 bridgehead atoms. The zero-order chi connectivity index (χ0) is 14.3. The van der Waals surface area contributed by atoms with Crippen LogP contribution in [0.1, 0.15) is 0 Å². The molecule has 0 radical (unpaired) electrons. The second-order valence-corrected chi connectivity index (χ2v) is 5.23. The number of anilines is 2. The average Bonchev–Trinajstić information content (AvgIpc) is 2.76. The van der Waals surface area contributed by atoms with E-state index in [9.17, 15) is 0 Å². The molecule has 102 valence electrons. The number of fused-ring (bicyclic) bond motifs is 1. The van der Waals surface area contributed by atoms with Crippen LogP contribution in [0.2, 0.25) is 5.02 Å². The van der Waals surface area contributed by atoms with E-state index in [1.54, 1.807) is 0 Å². The Morgan fingerprint density at radius 1 is 1.10 bits per heavy atom. The number of nitrogens with zero attached hydrogens (tertiary/aromatic N) is 3. The van der Waals surface area contributed by atoms with Crippen molar-refractivity contribution >= 4 is 34.3 Å². The van der Waals surface area contributed by atoms with Crippen molar-refractivity contribution in [1.82, 2.24) is 9.55 Å². The van der Waals surface area contributed by atoms with Crippen LogP contribution in [0.5, 0.6) is 0 Å². The highest BCUT2D eigenvalue weighted by atomic mass is 35.5. The van der Waals surface area contributed by atoms with E-state index in [2.05, 4.69) is 4.98 Å². The number of nitrogens with two attached hydrogens (primary N) is 1. The van der Waals surface area contributed by atoms with Gasteiger partial charge >= 0.3 is 0 Å². The van der Waals surface area contributed by atoms with Gasteiger partial charge in [-0.1, -0.05) is 17.7 Å². The highest BCUT2D eigenvalue weighted by Gasteiger charge is 2.12. The van der Waals surface area contributed by atoms with Gasteiger partial charge in [0.05, 0.1) is 16.1 Å². The van der Waals surface area contributed by atoms with Gasteiger partial charge in [-0.05, 0) is 36.4 Å². The molecule has 3 rings (SSSR count). The van der Waals surface area contributed by atoms with E-state index in [0.29, 0.717) is 11.0 Å². The maximum Gasteiger partial charge on any atom is 0.205 e. The van der Waals surface area contributed by atoms with Crippen LogP contribution in [0.3, 0.4) is 0 Å². The van der Waals surface area contributed by atoms with Gasteiger partial charge in [0.15, 0.2) is 0 Å². The summed E-state index contributed by atoms with van der Waals surface area (Å²) in [6.45, 7) is 0. The first-order valence-corrected chi connectivity index (χ1v) is 6.66. The van der Waals surface area contributed by atoms with Crippen molar-refractivity contribution in [3.8, 4) is 5.69 Å². The first-order chi connectivity index (χ1) is 9.58. The first-order valence-electron chi connectivity index (χ1n) is 6.28. The number of hydrogen-bond acceptors (Lipinski definition) is 3. The lowest BCUT2D eigenvalue weighted by Gasteiger charge is -2.13. The van der Waals surface area contributed by atoms with Crippen LogP contribution in [-0.4, -0.2) is 23.6 Å². The molecule has 0 fully saturated rings. The Morgan fingerprint density at radius 2 is 1.80 bits per heavy atom. The minimum absolute atomic E-state index is 0.436. The van der Waals surface area contributed by atoms with Crippen molar-refractivity contribution in [2.24, 2.45) is 0 Å². The molecule has 3 aromatic rings. The lowest BCUT2D eigenvalue weighted by molar-refractivity contribution is 1.09. The third-order valence-corrected chi connectivity index (χ3v) is 3.58. The Labute approximate surface area is 122 Å². The minimum Gasteiger partial charge on any atom is -0.378 e. The van der Waals surface area contributed by atoms with Gasteiger partial charge in [0.2, 0.25) is 5.95 Å². The van der Waals surface area contributed by atoms with Gasteiger partial charge in [-0.3, -0.25) is 4.57 Å². The summed E-state index contributed by atoms with van der Waals surface area (Å²) in [6.07, 6.45) is 0. The molecule has 5 heteroatoms. The number of rotatable bonds is 2. The minimum atomic E-state index is 0.436. The second-order valence-electron chi connectivity index (χ2n) is 4.82. The smallest absolute Gasteiger partial charge is 0.205 e. The number of aromatic nitrogens is 2. The van der Waals surface area contributed by atoms with Crippen molar-refractivity contribution in [3.05, 3.63) is 47.5 Å². The molecule has 2 N–H and O–H groups in total. The number of benzene rings is 2. The fraction of sp³-hybridized carbons (Fsp3) is 0.133. The van der Waals surface area contributed by atoms with Crippen LogP contribution < -0.4 is 10.6 Å². The van der Waals surface area contributed by atoms with Gasteiger partial charge in [0.25, 0.3) is 0 Å². The van der Waals surface area contributed by atoms with E-state index in [-0.39, 0.29) is 0 Å². The van der Waals surface area contributed by atoms with Crippen LogP contribution in [0.15, 0.2) is 42.5 Å². The molecule has 2 aromatic carbocycles. The summed E-state index contributed by atoms with van der Waals surface area (Å²) in [6, 6.07) is 13.7. The molecular weight excluding hydrogens is 272 g/mol. The van der Waals surface area contributed by atoms with Crippen LogP contribution in [0, 0.1) is 0 Å². The largest absolute Gasteiger partial charge is 0.378 e. The second kappa shape index (κ2) is 4.72.